The molecule has 2 aromatic rings. The van der Waals surface area contributed by atoms with Gasteiger partial charge in [-0.15, -0.1) is 6.58 Å². The van der Waals surface area contributed by atoms with Gasteiger partial charge in [-0.05, 0) is 42.5 Å². The van der Waals surface area contributed by atoms with Crippen LogP contribution in [0.25, 0.3) is 0 Å². The van der Waals surface area contributed by atoms with E-state index in [1.807, 2.05) is 24.3 Å². The van der Waals surface area contributed by atoms with Gasteiger partial charge in [0.05, 0.1) is 0 Å². The van der Waals surface area contributed by atoms with Crippen LogP contribution in [0, 0.1) is 0 Å². The maximum Gasteiger partial charge on any atom is 0.347 e. The molecule has 1 N–H and O–H groups in total. The van der Waals surface area contributed by atoms with Gasteiger partial charge < -0.3 is 9.84 Å². The van der Waals surface area contributed by atoms with Crippen LogP contribution in [-0.4, -0.2) is 11.1 Å². The minimum Gasteiger partial charge on any atom is -0.507 e. The lowest BCUT2D eigenvalue weighted by Crippen LogP contribution is -2.11. The Kier molecular flexibility index (Phi) is 14.6. The summed E-state index contributed by atoms with van der Waals surface area (Å²) in [6, 6.07) is 12.9. The number of ether oxygens (including phenoxy) is 1. The molecule has 0 atom stereocenters. The molecule has 192 valence electrons. The molecule has 0 heterocycles. The van der Waals surface area contributed by atoms with E-state index in [1.165, 1.54) is 83.5 Å². The van der Waals surface area contributed by atoms with Crippen molar-refractivity contribution >= 4 is 5.97 Å². The van der Waals surface area contributed by atoms with E-state index in [-0.39, 0.29) is 11.3 Å². The van der Waals surface area contributed by atoms with Crippen LogP contribution < -0.4 is 4.74 Å². The molecule has 0 fully saturated rings. The van der Waals surface area contributed by atoms with Gasteiger partial charge >= 0.3 is 5.97 Å². The third-order valence-electron chi connectivity index (χ3n) is 6.68. The minimum absolute atomic E-state index is 0.0261. The Morgan fingerprint density at radius 1 is 0.771 bits per heavy atom. The Bertz CT molecular complexity index is 871. The maximum absolute atomic E-state index is 12.7. The molecule has 2 rings (SSSR count). The van der Waals surface area contributed by atoms with Crippen LogP contribution in [0.3, 0.4) is 0 Å². The molecule has 0 bridgehead atoms. The molecule has 0 radical (unpaired) electrons. The van der Waals surface area contributed by atoms with Crippen molar-refractivity contribution in [3.63, 3.8) is 0 Å². The fraction of sp³-hybridized carbons (Fsp3) is 0.531. The number of esters is 1. The van der Waals surface area contributed by atoms with E-state index in [0.717, 1.165) is 18.4 Å². The highest BCUT2D eigenvalue weighted by atomic mass is 16.5. The molecule has 3 heteroatoms. The Hall–Kier alpha value is -2.55. The Labute approximate surface area is 213 Å². The zero-order valence-corrected chi connectivity index (χ0v) is 21.9. The van der Waals surface area contributed by atoms with Crippen LogP contribution in [0.2, 0.25) is 0 Å². The molecule has 0 amide bonds. The molecule has 0 aliphatic heterocycles. The van der Waals surface area contributed by atoms with Gasteiger partial charge in [0.15, 0.2) is 0 Å². The van der Waals surface area contributed by atoms with Crippen molar-refractivity contribution in [3.8, 4) is 11.5 Å². The molecule has 35 heavy (non-hydrogen) atoms. The molecule has 0 aliphatic rings. The first kappa shape index (κ1) is 28.7. The third kappa shape index (κ3) is 11.2. The van der Waals surface area contributed by atoms with Crippen LogP contribution in [0.4, 0.5) is 0 Å². The minimum atomic E-state index is -0.526. The number of aryl methyl sites for hydroxylation is 1. The van der Waals surface area contributed by atoms with Crippen LogP contribution in [0.15, 0.2) is 55.1 Å². The summed E-state index contributed by atoms with van der Waals surface area (Å²) in [6.45, 7) is 5.97. The van der Waals surface area contributed by atoms with Crippen molar-refractivity contribution in [2.75, 3.05) is 0 Å². The van der Waals surface area contributed by atoms with E-state index in [2.05, 4.69) is 13.5 Å². The van der Waals surface area contributed by atoms with Crippen LogP contribution >= 0.6 is 0 Å². The number of phenolic OH excluding ortho intramolecular Hbond substituents is 1. The van der Waals surface area contributed by atoms with Gasteiger partial charge in [-0.3, -0.25) is 0 Å². The number of hydrogen-bond donors (Lipinski definition) is 1. The standard InChI is InChI=1S/C32H46O3/c1-3-5-6-7-8-9-10-11-12-13-14-15-16-17-22-27-23-18-19-26-30(27)35-32(34)29-25-20-24-28(21-4-2)31(29)33/h4,18-20,23-26,33H,2-3,5-17,21-22H2,1H3. The molecule has 0 saturated heterocycles. The summed E-state index contributed by atoms with van der Waals surface area (Å²) in [6.07, 6.45) is 21.9. The molecule has 2 aromatic carbocycles. The molecular formula is C32H46O3. The largest absolute Gasteiger partial charge is 0.507 e. The van der Waals surface area contributed by atoms with Crippen LogP contribution in [-0.2, 0) is 12.8 Å². The zero-order valence-electron chi connectivity index (χ0n) is 21.9. The fourth-order valence-electron chi connectivity index (χ4n) is 4.55. The molecular weight excluding hydrogens is 432 g/mol. The highest BCUT2D eigenvalue weighted by molar-refractivity contribution is 5.94. The van der Waals surface area contributed by atoms with Crippen molar-refractivity contribution in [1.29, 1.82) is 0 Å². The number of rotatable bonds is 19. The Balaban J connectivity index is 1.65. The summed E-state index contributed by atoms with van der Waals surface area (Å²) in [4.78, 5) is 12.7. The average Bonchev–Trinajstić information content (AvgIpc) is 2.86. The van der Waals surface area contributed by atoms with E-state index < -0.39 is 5.97 Å². The van der Waals surface area contributed by atoms with E-state index in [9.17, 15) is 9.90 Å². The molecule has 0 aliphatic carbocycles. The van der Waals surface area contributed by atoms with Gasteiger partial charge in [0.2, 0.25) is 0 Å². The number of benzene rings is 2. The topological polar surface area (TPSA) is 46.5 Å². The van der Waals surface area contributed by atoms with Crippen LogP contribution in [0.5, 0.6) is 11.5 Å². The molecule has 0 saturated carbocycles. The predicted octanol–water partition coefficient (Wildman–Crippen LogP) is 9.36. The number of para-hydroxylation sites is 2. The lowest BCUT2D eigenvalue weighted by molar-refractivity contribution is 0.0729. The van der Waals surface area contributed by atoms with Crippen molar-refractivity contribution in [2.45, 2.75) is 110 Å². The van der Waals surface area contributed by atoms with Gasteiger partial charge in [-0.2, -0.15) is 0 Å². The summed E-state index contributed by atoms with van der Waals surface area (Å²) in [5.74, 6) is 0.0318. The van der Waals surface area contributed by atoms with E-state index in [4.69, 9.17) is 4.74 Å². The van der Waals surface area contributed by atoms with Crippen molar-refractivity contribution in [1.82, 2.24) is 0 Å². The van der Waals surface area contributed by atoms with E-state index in [1.54, 1.807) is 24.3 Å². The Morgan fingerprint density at radius 2 is 1.31 bits per heavy atom. The number of phenols is 1. The summed E-state index contributed by atoms with van der Waals surface area (Å²) in [5, 5.41) is 10.4. The highest BCUT2D eigenvalue weighted by Gasteiger charge is 2.17. The Morgan fingerprint density at radius 3 is 1.91 bits per heavy atom. The summed E-state index contributed by atoms with van der Waals surface area (Å²) >= 11 is 0. The first-order valence-electron chi connectivity index (χ1n) is 13.9. The lowest BCUT2D eigenvalue weighted by Gasteiger charge is -2.12. The van der Waals surface area contributed by atoms with Crippen molar-refractivity contribution in [3.05, 3.63) is 71.8 Å². The monoisotopic (exact) mass is 478 g/mol. The first-order chi connectivity index (χ1) is 17.2. The molecule has 0 unspecified atom stereocenters. The second-order valence-corrected chi connectivity index (χ2v) is 9.65. The lowest BCUT2D eigenvalue weighted by atomic mass is 10.0. The number of carbonyl (C=O) groups is 1. The van der Waals surface area contributed by atoms with E-state index >= 15 is 0 Å². The highest BCUT2D eigenvalue weighted by Crippen LogP contribution is 2.27. The third-order valence-corrected chi connectivity index (χ3v) is 6.68. The van der Waals surface area contributed by atoms with E-state index in [0.29, 0.717) is 17.7 Å². The quantitative estimate of drug-likeness (QED) is 0.0946. The van der Waals surface area contributed by atoms with Gasteiger partial charge in [0.1, 0.15) is 17.1 Å². The van der Waals surface area contributed by atoms with Crippen molar-refractivity contribution < 1.29 is 14.6 Å². The maximum atomic E-state index is 12.7. The first-order valence-corrected chi connectivity index (χ1v) is 13.9. The van der Waals surface area contributed by atoms with Gasteiger partial charge in [0.25, 0.3) is 0 Å². The van der Waals surface area contributed by atoms with Gasteiger partial charge in [-0.25, -0.2) is 4.79 Å². The molecule has 0 aromatic heterocycles. The zero-order chi connectivity index (χ0) is 25.1. The molecule has 0 spiro atoms. The number of allylic oxidation sites excluding steroid dienone is 1. The van der Waals surface area contributed by atoms with Crippen LogP contribution in [0.1, 0.15) is 118 Å². The number of hydrogen-bond acceptors (Lipinski definition) is 3. The fourth-order valence-corrected chi connectivity index (χ4v) is 4.55. The smallest absolute Gasteiger partial charge is 0.347 e. The normalized spacial score (nSPS) is 10.9. The second kappa shape index (κ2) is 17.8. The number of unbranched alkanes of at least 4 members (excludes halogenated alkanes) is 13. The van der Waals surface area contributed by atoms with Gasteiger partial charge in [0, 0.05) is 0 Å². The van der Waals surface area contributed by atoms with Gasteiger partial charge in [-0.1, -0.05) is 127 Å². The predicted molar refractivity (Wildman–Crippen MR) is 147 cm³/mol. The summed E-state index contributed by atoms with van der Waals surface area (Å²) in [5.41, 5.74) is 1.90. The molecule has 3 nitrogen and oxygen atoms in total. The number of aromatic hydroxyl groups is 1. The average molecular weight is 479 g/mol. The summed E-state index contributed by atoms with van der Waals surface area (Å²) < 4.78 is 5.69. The second-order valence-electron chi connectivity index (χ2n) is 9.65. The van der Waals surface area contributed by atoms with Crippen molar-refractivity contribution in [2.24, 2.45) is 0 Å². The number of carbonyl (C=O) groups excluding carboxylic acids is 1. The summed E-state index contributed by atoms with van der Waals surface area (Å²) in [7, 11) is 0. The SMILES string of the molecule is C=CCc1cccc(C(=O)Oc2ccccc2CCCCCCCCCCCCCCCC)c1O.